The predicted octanol–water partition coefficient (Wildman–Crippen LogP) is 2.21. The van der Waals surface area contributed by atoms with E-state index in [2.05, 4.69) is 10.00 Å². The summed E-state index contributed by atoms with van der Waals surface area (Å²) in [5.41, 5.74) is 1.15. The van der Waals surface area contributed by atoms with E-state index in [1.807, 2.05) is 30.3 Å². The number of hydrogen-bond acceptors (Lipinski definition) is 5. The maximum atomic E-state index is 9.71. The molecule has 0 saturated carbocycles. The summed E-state index contributed by atoms with van der Waals surface area (Å²) in [5, 5.41) is 14.2. The lowest BCUT2D eigenvalue weighted by Gasteiger charge is -2.29. The van der Waals surface area contributed by atoms with E-state index in [4.69, 9.17) is 16.6 Å². The van der Waals surface area contributed by atoms with Gasteiger partial charge >= 0.3 is 0 Å². The zero-order valence-electron chi connectivity index (χ0n) is 11.8. The number of aliphatic hydroxyl groups is 1. The minimum absolute atomic E-state index is 0.247. The fourth-order valence-electron chi connectivity index (χ4n) is 2.63. The van der Waals surface area contributed by atoms with Crippen molar-refractivity contribution in [3.05, 3.63) is 46.6 Å². The van der Waals surface area contributed by atoms with Crippen LogP contribution in [0, 0.1) is 4.84 Å². The second kappa shape index (κ2) is 6.51. The Kier molecular flexibility index (Phi) is 4.48. The molecule has 2 aromatic rings. The molecule has 0 amide bonds. The average molecular weight is 305 g/mol. The van der Waals surface area contributed by atoms with Gasteiger partial charge in [-0.3, -0.25) is 4.90 Å². The number of piperidine rings is 1. The van der Waals surface area contributed by atoms with Gasteiger partial charge in [-0.2, -0.15) is 0 Å². The summed E-state index contributed by atoms with van der Waals surface area (Å²) in [6, 6.07) is 10.1. The Morgan fingerprint density at radius 1 is 1.33 bits per heavy atom. The minimum atomic E-state index is -0.247. The lowest BCUT2D eigenvalue weighted by Crippen LogP contribution is -2.39. The first-order valence-electron chi connectivity index (χ1n) is 7.22. The van der Waals surface area contributed by atoms with Crippen molar-refractivity contribution in [2.75, 3.05) is 13.1 Å². The third-order valence-corrected chi connectivity index (χ3v) is 3.95. The summed E-state index contributed by atoms with van der Waals surface area (Å²) in [6.07, 6.45) is 2.27. The predicted molar refractivity (Wildman–Crippen MR) is 81.4 cm³/mol. The number of aliphatic hydroxyl groups excluding tert-OH is 1. The smallest absolute Gasteiger partial charge is 0.288 e. The zero-order chi connectivity index (χ0) is 14.7. The van der Waals surface area contributed by atoms with Gasteiger partial charge in [0.15, 0.2) is 0 Å². The second-order valence-electron chi connectivity index (χ2n) is 5.44. The molecular weight excluding hydrogens is 286 g/mol. The van der Waals surface area contributed by atoms with Gasteiger partial charge in [0.05, 0.1) is 19.2 Å². The quantitative estimate of drug-likeness (QED) is 0.878. The van der Waals surface area contributed by atoms with Crippen molar-refractivity contribution < 1.29 is 9.52 Å². The molecule has 1 atom stereocenters. The number of aromatic nitrogens is 2. The third-order valence-electron chi connectivity index (χ3n) is 3.66. The summed E-state index contributed by atoms with van der Waals surface area (Å²) < 4.78 is 7.26. The van der Waals surface area contributed by atoms with Crippen molar-refractivity contribution in [2.45, 2.75) is 32.0 Å². The van der Waals surface area contributed by atoms with E-state index in [0.29, 0.717) is 30.4 Å². The highest BCUT2D eigenvalue weighted by Crippen LogP contribution is 2.12. The molecule has 0 unspecified atom stereocenters. The number of rotatable bonds is 4. The van der Waals surface area contributed by atoms with Crippen molar-refractivity contribution in [1.82, 2.24) is 14.7 Å². The molecule has 0 bridgehead atoms. The van der Waals surface area contributed by atoms with E-state index in [1.54, 1.807) is 4.68 Å². The molecule has 1 aromatic heterocycles. The molecule has 0 spiro atoms. The first-order valence-corrected chi connectivity index (χ1v) is 7.63. The second-order valence-corrected chi connectivity index (χ2v) is 5.79. The van der Waals surface area contributed by atoms with Crippen LogP contribution < -0.4 is 0 Å². The molecule has 6 heteroatoms. The topological polar surface area (TPSA) is 54.4 Å². The molecule has 5 nitrogen and oxygen atoms in total. The number of benzene rings is 1. The highest BCUT2D eigenvalue weighted by molar-refractivity contribution is 7.71. The molecule has 1 saturated heterocycles. The number of hydrogen-bond donors (Lipinski definition) is 1. The Balaban J connectivity index is 1.68. The standard InChI is InChI=1S/C15H19N3O2S/c19-13-7-4-8-17(10-13)11-18-15(21)20-14(16-18)9-12-5-2-1-3-6-12/h1-3,5-6,13,19H,4,7-11H2/t13-/m1/s1. The van der Waals surface area contributed by atoms with Crippen molar-refractivity contribution in [3.63, 3.8) is 0 Å². The Bertz CT molecular complexity index is 638. The average Bonchev–Trinajstić information content (AvgIpc) is 2.80. The van der Waals surface area contributed by atoms with E-state index in [1.165, 1.54) is 0 Å². The Hall–Kier alpha value is -1.50. The lowest BCUT2D eigenvalue weighted by atomic mass is 10.1. The van der Waals surface area contributed by atoms with Gasteiger partial charge < -0.3 is 9.52 Å². The third kappa shape index (κ3) is 3.78. The van der Waals surface area contributed by atoms with Crippen LogP contribution in [0.5, 0.6) is 0 Å². The van der Waals surface area contributed by atoms with Gasteiger partial charge in [0.2, 0.25) is 5.89 Å². The summed E-state index contributed by atoms with van der Waals surface area (Å²) in [6.45, 7) is 2.20. The molecule has 1 fully saturated rings. The highest BCUT2D eigenvalue weighted by Gasteiger charge is 2.19. The van der Waals surface area contributed by atoms with E-state index < -0.39 is 0 Å². The van der Waals surface area contributed by atoms with Gasteiger partial charge in [0.1, 0.15) is 0 Å². The van der Waals surface area contributed by atoms with E-state index >= 15 is 0 Å². The van der Waals surface area contributed by atoms with E-state index in [0.717, 1.165) is 24.9 Å². The van der Waals surface area contributed by atoms with E-state index in [9.17, 15) is 5.11 Å². The molecule has 1 N–H and O–H groups in total. The van der Waals surface area contributed by atoms with Crippen molar-refractivity contribution in [3.8, 4) is 0 Å². The van der Waals surface area contributed by atoms with Crippen LogP contribution in [0.3, 0.4) is 0 Å². The van der Waals surface area contributed by atoms with Crippen LogP contribution >= 0.6 is 12.2 Å². The molecule has 21 heavy (non-hydrogen) atoms. The van der Waals surface area contributed by atoms with Crippen LogP contribution in [0.2, 0.25) is 0 Å². The summed E-state index contributed by atoms with van der Waals surface area (Å²) in [5.74, 6) is 0.628. The monoisotopic (exact) mass is 305 g/mol. The molecular formula is C15H19N3O2S. The molecule has 0 radical (unpaired) electrons. The zero-order valence-corrected chi connectivity index (χ0v) is 12.6. The number of nitrogens with zero attached hydrogens (tertiary/aromatic N) is 3. The summed E-state index contributed by atoms with van der Waals surface area (Å²) in [4.78, 5) is 2.54. The highest BCUT2D eigenvalue weighted by atomic mass is 32.1. The van der Waals surface area contributed by atoms with Gasteiger partial charge in [-0.15, -0.1) is 5.10 Å². The first kappa shape index (κ1) is 14.4. The number of β-amino-alcohol motifs (C(OH)–C–C–N with tert-alkyl or cyclic N) is 1. The van der Waals surface area contributed by atoms with E-state index in [-0.39, 0.29) is 6.10 Å². The molecule has 0 aliphatic carbocycles. The number of likely N-dealkylation sites (tertiary alicyclic amines) is 1. The summed E-state index contributed by atoms with van der Waals surface area (Å²) >= 11 is 5.23. The fourth-order valence-corrected chi connectivity index (χ4v) is 2.82. The lowest BCUT2D eigenvalue weighted by molar-refractivity contribution is 0.0508. The maximum absolute atomic E-state index is 9.71. The van der Waals surface area contributed by atoms with Gasteiger partial charge in [-0.05, 0) is 30.6 Å². The fraction of sp³-hybridized carbons (Fsp3) is 0.467. The Morgan fingerprint density at radius 3 is 2.90 bits per heavy atom. The summed E-state index contributed by atoms with van der Waals surface area (Å²) in [7, 11) is 0. The van der Waals surface area contributed by atoms with Crippen LogP contribution in [-0.4, -0.2) is 39.0 Å². The van der Waals surface area contributed by atoms with Gasteiger partial charge in [-0.25, -0.2) is 4.68 Å². The van der Waals surface area contributed by atoms with Crippen LogP contribution in [0.1, 0.15) is 24.3 Å². The van der Waals surface area contributed by atoms with Crippen LogP contribution in [0.25, 0.3) is 0 Å². The SMILES string of the molecule is O[C@@H]1CCCN(Cn2nc(Cc3ccccc3)oc2=S)C1. The molecule has 112 valence electrons. The molecule has 3 rings (SSSR count). The van der Waals surface area contributed by atoms with Gasteiger partial charge in [-0.1, -0.05) is 30.3 Å². The largest absolute Gasteiger partial charge is 0.414 e. The van der Waals surface area contributed by atoms with Gasteiger partial charge in [0.25, 0.3) is 4.84 Å². The van der Waals surface area contributed by atoms with Crippen LogP contribution in [-0.2, 0) is 13.1 Å². The van der Waals surface area contributed by atoms with Crippen LogP contribution in [0.4, 0.5) is 0 Å². The molecule has 1 aliphatic heterocycles. The Morgan fingerprint density at radius 2 is 2.14 bits per heavy atom. The van der Waals surface area contributed by atoms with Gasteiger partial charge in [0, 0.05) is 13.1 Å². The molecule has 2 heterocycles. The molecule has 1 aliphatic rings. The van der Waals surface area contributed by atoms with Crippen LogP contribution in [0.15, 0.2) is 34.7 Å². The molecule has 1 aromatic carbocycles. The maximum Gasteiger partial charge on any atom is 0.288 e. The minimum Gasteiger partial charge on any atom is -0.414 e. The normalized spacial score (nSPS) is 19.8. The van der Waals surface area contributed by atoms with Crippen molar-refractivity contribution in [2.24, 2.45) is 0 Å². The first-order chi connectivity index (χ1) is 10.2. The van der Waals surface area contributed by atoms with Crippen molar-refractivity contribution >= 4 is 12.2 Å². The Labute approximate surface area is 128 Å². The van der Waals surface area contributed by atoms with Crippen molar-refractivity contribution in [1.29, 1.82) is 0 Å².